The predicted molar refractivity (Wildman–Crippen MR) is 132 cm³/mol. The Morgan fingerprint density at radius 3 is 2.48 bits per heavy atom. The number of fused-ring (bicyclic) bond motifs is 1. The first-order chi connectivity index (χ1) is 16.1. The monoisotopic (exact) mass is 458 g/mol. The van der Waals surface area contributed by atoms with E-state index in [2.05, 4.69) is 10.5 Å². The Hall–Kier alpha value is -3.83. The summed E-state index contributed by atoms with van der Waals surface area (Å²) in [5.74, 6) is 0.693. The molecule has 0 spiro atoms. The number of rotatable bonds is 8. The number of ether oxygens (including phenoxy) is 2. The fraction of sp³-hybridized carbons (Fsp3) is 0.111. The van der Waals surface area contributed by atoms with Gasteiger partial charge in [0.25, 0.3) is 5.91 Å². The zero-order valence-corrected chi connectivity index (χ0v) is 18.9. The number of benzene rings is 4. The van der Waals surface area contributed by atoms with Crippen molar-refractivity contribution in [1.29, 1.82) is 0 Å². The van der Waals surface area contributed by atoms with E-state index in [1.165, 1.54) is 6.21 Å². The van der Waals surface area contributed by atoms with Crippen molar-refractivity contribution >= 4 is 34.5 Å². The fourth-order valence-electron chi connectivity index (χ4n) is 3.36. The van der Waals surface area contributed by atoms with Gasteiger partial charge in [0.1, 0.15) is 6.61 Å². The highest BCUT2D eigenvalue weighted by Crippen LogP contribution is 2.37. The highest BCUT2D eigenvalue weighted by atomic mass is 35.5. The molecule has 0 radical (unpaired) electrons. The molecule has 6 heteroatoms. The number of halogens is 1. The Kier molecular flexibility index (Phi) is 7.22. The summed E-state index contributed by atoms with van der Waals surface area (Å²) in [5.41, 5.74) is 4.79. The molecule has 33 heavy (non-hydrogen) atoms. The highest BCUT2D eigenvalue weighted by Gasteiger charge is 2.13. The zero-order valence-electron chi connectivity index (χ0n) is 18.1. The number of hydrogen-bond donors (Lipinski definition) is 1. The summed E-state index contributed by atoms with van der Waals surface area (Å²) in [6.07, 6.45) is 1.52. The minimum absolute atomic E-state index is 0.295. The van der Waals surface area contributed by atoms with E-state index in [0.717, 1.165) is 16.3 Å². The van der Waals surface area contributed by atoms with Crippen molar-refractivity contribution in [2.45, 2.75) is 13.5 Å². The van der Waals surface area contributed by atoms with E-state index >= 15 is 0 Å². The van der Waals surface area contributed by atoms with Crippen molar-refractivity contribution in [3.63, 3.8) is 0 Å². The molecule has 1 N–H and O–H groups in total. The van der Waals surface area contributed by atoms with Gasteiger partial charge in [-0.25, -0.2) is 5.43 Å². The van der Waals surface area contributed by atoms with Gasteiger partial charge < -0.3 is 9.47 Å². The van der Waals surface area contributed by atoms with Crippen molar-refractivity contribution in [1.82, 2.24) is 5.43 Å². The molecular weight excluding hydrogens is 436 g/mol. The van der Waals surface area contributed by atoms with Crippen LogP contribution >= 0.6 is 11.6 Å². The fourth-order valence-corrected chi connectivity index (χ4v) is 3.63. The van der Waals surface area contributed by atoms with Crippen LogP contribution in [0.15, 0.2) is 90.0 Å². The lowest BCUT2D eigenvalue weighted by molar-refractivity contribution is 0.0955. The maximum absolute atomic E-state index is 12.5. The molecule has 0 saturated carbocycles. The van der Waals surface area contributed by atoms with Crippen molar-refractivity contribution in [3.05, 3.63) is 107 Å². The van der Waals surface area contributed by atoms with Crippen LogP contribution in [0.25, 0.3) is 10.8 Å². The lowest BCUT2D eigenvalue weighted by atomic mass is 10.1. The summed E-state index contributed by atoms with van der Waals surface area (Å²) in [6.45, 7) is 2.71. The van der Waals surface area contributed by atoms with Gasteiger partial charge in [-0.3, -0.25) is 4.79 Å². The van der Waals surface area contributed by atoms with E-state index in [-0.39, 0.29) is 5.91 Å². The lowest BCUT2D eigenvalue weighted by Crippen LogP contribution is -2.17. The quantitative estimate of drug-likeness (QED) is 0.251. The molecule has 0 heterocycles. The third-order valence-electron chi connectivity index (χ3n) is 4.95. The first kappa shape index (κ1) is 22.4. The number of carbonyl (C=O) groups excluding carboxylic acids is 1. The van der Waals surface area contributed by atoms with Gasteiger partial charge in [-0.1, -0.05) is 72.3 Å². The van der Waals surface area contributed by atoms with Gasteiger partial charge in [0.05, 0.1) is 17.8 Å². The van der Waals surface area contributed by atoms with Crippen LogP contribution in [0.1, 0.15) is 28.4 Å². The molecule has 4 rings (SSSR count). The molecule has 4 aromatic rings. The molecule has 0 aliphatic heterocycles. The van der Waals surface area contributed by atoms with Gasteiger partial charge in [-0.05, 0) is 53.1 Å². The third kappa shape index (κ3) is 5.70. The molecule has 166 valence electrons. The second kappa shape index (κ2) is 10.7. The zero-order chi connectivity index (χ0) is 23.0. The van der Waals surface area contributed by atoms with Gasteiger partial charge in [0.15, 0.2) is 11.5 Å². The number of amides is 1. The second-order valence-electron chi connectivity index (χ2n) is 7.30. The number of hydrogen-bond acceptors (Lipinski definition) is 4. The SMILES string of the molecule is CCOc1cc(/C=N\NC(=O)c2ccc3ccccc3c2)cc(Cl)c1OCc1ccccc1. The second-order valence-corrected chi connectivity index (χ2v) is 7.71. The van der Waals surface area contributed by atoms with Gasteiger partial charge >= 0.3 is 0 Å². The highest BCUT2D eigenvalue weighted by molar-refractivity contribution is 6.32. The minimum atomic E-state index is -0.295. The summed E-state index contributed by atoms with van der Waals surface area (Å²) >= 11 is 6.48. The molecule has 0 saturated heterocycles. The van der Waals surface area contributed by atoms with Crippen LogP contribution in [-0.2, 0) is 6.61 Å². The maximum Gasteiger partial charge on any atom is 0.271 e. The van der Waals surface area contributed by atoms with Crippen LogP contribution < -0.4 is 14.9 Å². The topological polar surface area (TPSA) is 59.9 Å². The third-order valence-corrected chi connectivity index (χ3v) is 5.23. The van der Waals surface area contributed by atoms with Gasteiger partial charge in [0, 0.05) is 5.56 Å². The molecule has 0 atom stereocenters. The lowest BCUT2D eigenvalue weighted by Gasteiger charge is -2.14. The average molecular weight is 459 g/mol. The maximum atomic E-state index is 12.5. The van der Waals surface area contributed by atoms with E-state index in [1.807, 2.05) is 73.7 Å². The van der Waals surface area contributed by atoms with E-state index in [4.69, 9.17) is 21.1 Å². The minimum Gasteiger partial charge on any atom is -0.490 e. The van der Waals surface area contributed by atoms with Crippen LogP contribution in [0.4, 0.5) is 0 Å². The Balaban J connectivity index is 1.46. The Bertz CT molecular complexity index is 1290. The van der Waals surface area contributed by atoms with Crippen molar-refractivity contribution in [2.75, 3.05) is 6.61 Å². The molecule has 1 amide bonds. The van der Waals surface area contributed by atoms with Crippen LogP contribution in [0.2, 0.25) is 5.02 Å². The molecule has 0 aromatic heterocycles. The van der Waals surface area contributed by atoms with E-state index < -0.39 is 0 Å². The first-order valence-corrected chi connectivity index (χ1v) is 11.0. The van der Waals surface area contributed by atoms with Crippen LogP contribution in [0, 0.1) is 0 Å². The Labute approximate surface area is 197 Å². The molecule has 5 nitrogen and oxygen atoms in total. The van der Waals surface area contributed by atoms with Crippen LogP contribution in [0.3, 0.4) is 0 Å². The summed E-state index contributed by atoms with van der Waals surface area (Å²) in [5, 5.41) is 6.55. The van der Waals surface area contributed by atoms with Gasteiger partial charge in [-0.15, -0.1) is 0 Å². The summed E-state index contributed by atoms with van der Waals surface area (Å²) in [6, 6.07) is 26.7. The summed E-state index contributed by atoms with van der Waals surface area (Å²) in [4.78, 5) is 12.5. The van der Waals surface area contributed by atoms with Crippen LogP contribution in [-0.4, -0.2) is 18.7 Å². The number of hydrazone groups is 1. The van der Waals surface area contributed by atoms with Crippen molar-refractivity contribution in [3.8, 4) is 11.5 Å². The van der Waals surface area contributed by atoms with Crippen LogP contribution in [0.5, 0.6) is 11.5 Å². The average Bonchev–Trinajstić information content (AvgIpc) is 2.84. The van der Waals surface area contributed by atoms with Gasteiger partial charge in [0.2, 0.25) is 0 Å². The summed E-state index contributed by atoms with van der Waals surface area (Å²) in [7, 11) is 0. The van der Waals surface area contributed by atoms with Crippen molar-refractivity contribution < 1.29 is 14.3 Å². The van der Waals surface area contributed by atoms with E-state index in [9.17, 15) is 4.79 Å². The number of nitrogens with one attached hydrogen (secondary N) is 1. The molecule has 0 aliphatic carbocycles. The number of carbonyl (C=O) groups is 1. The summed E-state index contributed by atoms with van der Waals surface area (Å²) < 4.78 is 11.7. The predicted octanol–water partition coefficient (Wildman–Crippen LogP) is 6.23. The smallest absolute Gasteiger partial charge is 0.271 e. The van der Waals surface area contributed by atoms with Crippen molar-refractivity contribution in [2.24, 2.45) is 5.10 Å². The molecule has 0 bridgehead atoms. The molecule has 0 unspecified atom stereocenters. The molecule has 0 fully saturated rings. The Morgan fingerprint density at radius 2 is 1.70 bits per heavy atom. The first-order valence-electron chi connectivity index (χ1n) is 10.6. The van der Waals surface area contributed by atoms with Gasteiger partial charge in [-0.2, -0.15) is 5.10 Å². The largest absolute Gasteiger partial charge is 0.490 e. The van der Waals surface area contributed by atoms with E-state index in [1.54, 1.807) is 18.2 Å². The molecular formula is C27H23ClN2O3. The number of nitrogens with zero attached hydrogens (tertiary/aromatic N) is 1. The molecule has 4 aromatic carbocycles. The Morgan fingerprint density at radius 1 is 0.939 bits per heavy atom. The molecule has 0 aliphatic rings. The van der Waals surface area contributed by atoms with E-state index in [0.29, 0.717) is 40.9 Å². The normalized spacial score (nSPS) is 11.0. The standard InChI is InChI=1S/C27H23ClN2O3/c1-2-32-25-15-20(14-24(28)26(25)33-18-19-8-4-3-5-9-19)17-29-30-27(31)23-13-12-21-10-6-7-11-22(21)16-23/h3-17H,2,18H2,1H3,(H,30,31)/b29-17-.